The fourth-order valence-electron chi connectivity index (χ4n) is 2.63. The molecule has 22 heavy (non-hydrogen) atoms. The minimum absolute atomic E-state index is 0.0238. The van der Waals surface area contributed by atoms with E-state index < -0.39 is 10.0 Å². The molecule has 0 spiro atoms. The molecule has 0 aromatic heterocycles. The first-order chi connectivity index (χ1) is 10.3. The Balaban J connectivity index is 2.32. The molecule has 5 nitrogen and oxygen atoms in total. The number of ether oxygens (including phenoxy) is 1. The summed E-state index contributed by atoms with van der Waals surface area (Å²) >= 11 is 12.1. The lowest BCUT2D eigenvalue weighted by Crippen LogP contribution is -2.45. The maximum atomic E-state index is 12.7. The fourth-order valence-corrected chi connectivity index (χ4v) is 4.74. The highest BCUT2D eigenvalue weighted by Gasteiger charge is 2.40. The van der Waals surface area contributed by atoms with Crippen LogP contribution >= 0.6 is 23.2 Å². The van der Waals surface area contributed by atoms with Crippen LogP contribution in [0, 0.1) is 5.41 Å². The minimum atomic E-state index is -3.79. The Bertz CT molecular complexity index is 654. The van der Waals surface area contributed by atoms with Crippen molar-refractivity contribution in [3.63, 3.8) is 0 Å². The molecule has 0 radical (unpaired) electrons. The van der Waals surface area contributed by atoms with Gasteiger partial charge < -0.3 is 9.84 Å². The number of halogens is 2. The molecule has 2 rings (SSSR count). The van der Waals surface area contributed by atoms with Crippen LogP contribution in [0.1, 0.15) is 19.3 Å². The van der Waals surface area contributed by atoms with Crippen molar-refractivity contribution in [3.05, 3.63) is 22.2 Å². The summed E-state index contributed by atoms with van der Waals surface area (Å²) in [6.07, 6.45) is 2.64. The van der Waals surface area contributed by atoms with Crippen LogP contribution in [0.3, 0.4) is 0 Å². The molecule has 1 aromatic rings. The number of hydrogen-bond donors (Lipinski definition) is 1. The summed E-state index contributed by atoms with van der Waals surface area (Å²) in [4.78, 5) is -0.0603. The van der Waals surface area contributed by atoms with Gasteiger partial charge in [0.05, 0.1) is 17.2 Å². The maximum Gasteiger partial charge on any atom is 0.244 e. The Morgan fingerprint density at radius 2 is 1.95 bits per heavy atom. The normalized spacial score (nSPS) is 17.4. The highest BCUT2D eigenvalue weighted by Crippen LogP contribution is 2.42. The van der Waals surface area contributed by atoms with Crippen LogP contribution < -0.4 is 4.74 Å². The quantitative estimate of drug-likeness (QED) is 0.839. The molecular formula is C14H19Cl2NO4S. The smallest absolute Gasteiger partial charge is 0.244 e. The standard InChI is InChI=1S/C14H19Cl2NO4S/c1-17(8-14(9-18)4-3-5-14)22(19,20)13-7-10(15)12(21-2)6-11(13)16/h6-7,18H,3-5,8-9H2,1-2H3. The van der Waals surface area contributed by atoms with E-state index >= 15 is 0 Å². The summed E-state index contributed by atoms with van der Waals surface area (Å²) in [5.74, 6) is 0.319. The van der Waals surface area contributed by atoms with Gasteiger partial charge in [0.1, 0.15) is 10.6 Å². The first kappa shape index (κ1) is 17.8. The van der Waals surface area contributed by atoms with Crippen molar-refractivity contribution in [1.29, 1.82) is 0 Å². The number of rotatable bonds is 6. The summed E-state index contributed by atoms with van der Waals surface area (Å²) in [5.41, 5.74) is -0.343. The third kappa shape index (κ3) is 3.21. The first-order valence-electron chi connectivity index (χ1n) is 6.86. The number of benzene rings is 1. The van der Waals surface area contributed by atoms with E-state index in [1.807, 2.05) is 0 Å². The Kier molecular flexibility index (Phi) is 5.29. The predicted octanol–water partition coefficient (Wildman–Crippen LogP) is 2.79. The Morgan fingerprint density at radius 1 is 1.32 bits per heavy atom. The molecular weight excluding hydrogens is 349 g/mol. The summed E-state index contributed by atoms with van der Waals surface area (Å²) in [5, 5.41) is 9.74. The molecule has 0 atom stereocenters. The van der Waals surface area contributed by atoms with E-state index in [2.05, 4.69) is 0 Å². The lowest BCUT2D eigenvalue weighted by atomic mass is 9.69. The van der Waals surface area contributed by atoms with Gasteiger partial charge in [-0.2, -0.15) is 0 Å². The number of methoxy groups -OCH3 is 1. The van der Waals surface area contributed by atoms with Crippen molar-refractivity contribution < 1.29 is 18.3 Å². The third-order valence-corrected chi connectivity index (χ3v) is 6.77. The highest BCUT2D eigenvalue weighted by atomic mass is 35.5. The molecule has 0 heterocycles. The zero-order valence-corrected chi connectivity index (χ0v) is 14.8. The largest absolute Gasteiger partial charge is 0.495 e. The van der Waals surface area contributed by atoms with Crippen molar-refractivity contribution in [1.82, 2.24) is 4.31 Å². The predicted molar refractivity (Wildman–Crippen MR) is 86.2 cm³/mol. The zero-order chi connectivity index (χ0) is 16.5. The second-order valence-electron chi connectivity index (χ2n) is 5.69. The van der Waals surface area contributed by atoms with Crippen LogP contribution in [-0.2, 0) is 10.0 Å². The number of nitrogens with zero attached hydrogens (tertiary/aromatic N) is 1. The molecule has 0 unspecified atom stereocenters. The second-order valence-corrected chi connectivity index (χ2v) is 8.52. The second kappa shape index (κ2) is 6.53. The molecule has 1 N–H and O–H groups in total. The van der Waals surface area contributed by atoms with Gasteiger partial charge in [-0.15, -0.1) is 0 Å². The molecule has 1 aromatic carbocycles. The molecule has 0 aliphatic heterocycles. The van der Waals surface area contributed by atoms with Crippen molar-refractivity contribution in [2.24, 2.45) is 5.41 Å². The number of aliphatic hydroxyl groups excluding tert-OH is 1. The van der Waals surface area contributed by atoms with Gasteiger partial charge in [-0.3, -0.25) is 0 Å². The Labute approximate surface area is 140 Å². The van der Waals surface area contributed by atoms with Gasteiger partial charge in [0.25, 0.3) is 0 Å². The molecule has 1 aliphatic carbocycles. The Hall–Kier alpha value is -0.530. The highest BCUT2D eigenvalue weighted by molar-refractivity contribution is 7.89. The molecule has 8 heteroatoms. The fraction of sp³-hybridized carbons (Fsp3) is 0.571. The van der Waals surface area contributed by atoms with E-state index in [1.54, 1.807) is 0 Å². The monoisotopic (exact) mass is 367 g/mol. The molecule has 1 saturated carbocycles. The molecule has 0 amide bonds. The van der Waals surface area contributed by atoms with Crippen LogP contribution in [0.4, 0.5) is 0 Å². The van der Waals surface area contributed by atoms with Crippen molar-refractivity contribution in [2.75, 3.05) is 27.3 Å². The zero-order valence-electron chi connectivity index (χ0n) is 12.5. The topological polar surface area (TPSA) is 66.8 Å². The lowest BCUT2D eigenvalue weighted by molar-refractivity contribution is 0.0311. The van der Waals surface area contributed by atoms with E-state index in [1.165, 1.54) is 30.6 Å². The summed E-state index contributed by atoms with van der Waals surface area (Å²) < 4.78 is 31.6. The molecule has 124 valence electrons. The van der Waals surface area contributed by atoms with Crippen molar-refractivity contribution in [2.45, 2.75) is 24.2 Å². The SMILES string of the molecule is COc1cc(Cl)c(S(=O)(=O)N(C)CC2(CO)CCC2)cc1Cl. The van der Waals surface area contributed by atoms with Gasteiger partial charge in [-0.1, -0.05) is 29.6 Å². The van der Waals surface area contributed by atoms with Gasteiger partial charge in [-0.05, 0) is 18.9 Å². The number of hydrogen-bond acceptors (Lipinski definition) is 4. The summed E-state index contributed by atoms with van der Waals surface area (Å²) in [6, 6.07) is 2.68. The van der Waals surface area contributed by atoms with Crippen molar-refractivity contribution in [3.8, 4) is 5.75 Å². The Morgan fingerprint density at radius 3 is 2.41 bits per heavy atom. The van der Waals surface area contributed by atoms with Crippen LogP contribution in [0.25, 0.3) is 0 Å². The minimum Gasteiger partial charge on any atom is -0.495 e. The van der Waals surface area contributed by atoms with E-state index in [0.29, 0.717) is 5.75 Å². The lowest BCUT2D eigenvalue weighted by Gasteiger charge is -2.42. The van der Waals surface area contributed by atoms with E-state index in [4.69, 9.17) is 27.9 Å². The molecule has 0 saturated heterocycles. The van der Waals surface area contributed by atoms with Gasteiger partial charge in [-0.25, -0.2) is 12.7 Å². The van der Waals surface area contributed by atoms with Crippen LogP contribution in [0.5, 0.6) is 5.75 Å². The summed E-state index contributed by atoms with van der Waals surface area (Å²) in [6.45, 7) is 0.232. The van der Waals surface area contributed by atoms with E-state index in [0.717, 1.165) is 19.3 Å². The van der Waals surface area contributed by atoms with Gasteiger partial charge in [0.15, 0.2) is 0 Å². The third-order valence-electron chi connectivity index (χ3n) is 4.20. The first-order valence-corrected chi connectivity index (χ1v) is 9.05. The average molecular weight is 368 g/mol. The van der Waals surface area contributed by atoms with Crippen LogP contribution in [0.15, 0.2) is 17.0 Å². The van der Waals surface area contributed by atoms with Crippen LogP contribution in [-0.4, -0.2) is 45.1 Å². The molecule has 1 aliphatic rings. The van der Waals surface area contributed by atoms with Gasteiger partial charge in [0, 0.05) is 31.7 Å². The van der Waals surface area contributed by atoms with Gasteiger partial charge >= 0.3 is 0 Å². The molecule has 1 fully saturated rings. The number of aliphatic hydroxyl groups is 1. The molecule has 0 bridgehead atoms. The van der Waals surface area contributed by atoms with E-state index in [9.17, 15) is 13.5 Å². The van der Waals surface area contributed by atoms with Crippen molar-refractivity contribution >= 4 is 33.2 Å². The summed E-state index contributed by atoms with van der Waals surface area (Å²) in [7, 11) is -0.871. The van der Waals surface area contributed by atoms with Gasteiger partial charge in [0.2, 0.25) is 10.0 Å². The van der Waals surface area contributed by atoms with E-state index in [-0.39, 0.29) is 33.5 Å². The van der Waals surface area contributed by atoms with Crippen LogP contribution in [0.2, 0.25) is 10.0 Å². The number of sulfonamides is 1. The average Bonchev–Trinajstić information content (AvgIpc) is 2.44. The maximum absolute atomic E-state index is 12.7.